The summed E-state index contributed by atoms with van der Waals surface area (Å²) >= 11 is 0. The van der Waals surface area contributed by atoms with Crippen molar-refractivity contribution in [3.05, 3.63) is 79.9 Å². The van der Waals surface area contributed by atoms with Crippen LogP contribution in [-0.2, 0) is 12.8 Å². The Kier molecular flexibility index (Phi) is 8.11. The van der Waals surface area contributed by atoms with Crippen LogP contribution in [0.2, 0.25) is 0 Å². The third-order valence-corrected chi connectivity index (χ3v) is 3.48. The third-order valence-electron chi connectivity index (χ3n) is 3.48. The highest BCUT2D eigenvalue weighted by molar-refractivity contribution is 5.33. The van der Waals surface area contributed by atoms with Crippen molar-refractivity contribution < 1.29 is 9.85 Å². The van der Waals surface area contributed by atoms with Crippen LogP contribution in [0, 0.1) is 20.2 Å². The standard InChI is InChI=1S/C16H16N2O4.C2H6/c19-17(20)15-9-5-13(6-10-15)3-1-2-4-14-7-11-16(12-8-14)18(21)22;1-2/h5-12H,1-4H2;1-2H3. The van der Waals surface area contributed by atoms with Gasteiger partial charge in [-0.1, -0.05) is 38.1 Å². The fourth-order valence-electron chi connectivity index (χ4n) is 2.23. The fraction of sp³-hybridized carbons (Fsp3) is 0.333. The molecule has 2 aromatic rings. The Morgan fingerprint density at radius 2 is 0.958 bits per heavy atom. The molecule has 6 heteroatoms. The molecule has 0 heterocycles. The van der Waals surface area contributed by atoms with E-state index in [4.69, 9.17) is 0 Å². The minimum atomic E-state index is -0.404. The van der Waals surface area contributed by atoms with Crippen LogP contribution in [0.25, 0.3) is 0 Å². The van der Waals surface area contributed by atoms with Crippen molar-refractivity contribution in [2.45, 2.75) is 39.5 Å². The predicted molar refractivity (Wildman–Crippen MR) is 94.2 cm³/mol. The van der Waals surface area contributed by atoms with Crippen molar-refractivity contribution in [3.63, 3.8) is 0 Å². The highest BCUT2D eigenvalue weighted by Gasteiger charge is 2.05. The molecule has 0 aromatic heterocycles. The summed E-state index contributed by atoms with van der Waals surface area (Å²) in [5.41, 5.74) is 2.37. The average Bonchev–Trinajstić information content (AvgIpc) is 2.61. The molecule has 0 amide bonds. The lowest BCUT2D eigenvalue weighted by molar-refractivity contribution is -0.385. The first-order valence-electron chi connectivity index (χ1n) is 8.03. The van der Waals surface area contributed by atoms with E-state index in [-0.39, 0.29) is 11.4 Å². The number of nitrogens with zero attached hydrogens (tertiary/aromatic N) is 2. The monoisotopic (exact) mass is 330 g/mol. The fourth-order valence-corrected chi connectivity index (χ4v) is 2.23. The number of hydrogen-bond donors (Lipinski definition) is 0. The van der Waals surface area contributed by atoms with E-state index in [9.17, 15) is 20.2 Å². The summed E-state index contributed by atoms with van der Waals surface area (Å²) < 4.78 is 0. The lowest BCUT2D eigenvalue weighted by Gasteiger charge is -2.03. The largest absolute Gasteiger partial charge is 0.269 e. The summed E-state index contributed by atoms with van der Waals surface area (Å²) in [6.45, 7) is 4.00. The molecule has 0 aliphatic heterocycles. The summed E-state index contributed by atoms with van der Waals surface area (Å²) in [5.74, 6) is 0. The maximum Gasteiger partial charge on any atom is 0.269 e. The summed E-state index contributed by atoms with van der Waals surface area (Å²) in [5, 5.41) is 21.1. The van der Waals surface area contributed by atoms with Crippen molar-refractivity contribution >= 4 is 11.4 Å². The maximum atomic E-state index is 10.6. The quantitative estimate of drug-likeness (QED) is 0.402. The molecule has 0 saturated heterocycles. The van der Waals surface area contributed by atoms with Crippen molar-refractivity contribution in [2.75, 3.05) is 0 Å². The van der Waals surface area contributed by atoms with Gasteiger partial charge in [0.1, 0.15) is 0 Å². The normalized spacial score (nSPS) is 9.75. The molecule has 0 unspecified atom stereocenters. The van der Waals surface area contributed by atoms with Crippen molar-refractivity contribution in [2.24, 2.45) is 0 Å². The highest BCUT2D eigenvalue weighted by Crippen LogP contribution is 2.16. The van der Waals surface area contributed by atoms with Gasteiger partial charge in [-0.25, -0.2) is 0 Å². The topological polar surface area (TPSA) is 86.3 Å². The van der Waals surface area contributed by atoms with Crippen LogP contribution < -0.4 is 0 Å². The van der Waals surface area contributed by atoms with Gasteiger partial charge in [0.2, 0.25) is 0 Å². The molecule has 0 spiro atoms. The summed E-state index contributed by atoms with van der Waals surface area (Å²) in [6, 6.07) is 13.2. The molecule has 24 heavy (non-hydrogen) atoms. The van der Waals surface area contributed by atoms with E-state index in [1.165, 1.54) is 24.3 Å². The van der Waals surface area contributed by atoms with Crippen LogP contribution >= 0.6 is 0 Å². The number of nitro groups is 2. The molecule has 0 bridgehead atoms. The van der Waals surface area contributed by atoms with Gasteiger partial charge in [-0.3, -0.25) is 20.2 Å². The first-order chi connectivity index (χ1) is 11.6. The van der Waals surface area contributed by atoms with Crippen LogP contribution in [0.3, 0.4) is 0 Å². The van der Waals surface area contributed by atoms with E-state index < -0.39 is 9.85 Å². The molecule has 0 saturated carbocycles. The Bertz CT molecular complexity index is 592. The molecule has 0 fully saturated rings. The molecular weight excluding hydrogens is 308 g/mol. The lowest BCUT2D eigenvalue weighted by atomic mass is 10.0. The molecule has 0 aliphatic carbocycles. The van der Waals surface area contributed by atoms with Gasteiger partial charge in [-0.05, 0) is 36.8 Å². The van der Waals surface area contributed by atoms with Gasteiger partial charge in [-0.15, -0.1) is 0 Å². The lowest BCUT2D eigenvalue weighted by Crippen LogP contribution is -1.92. The van der Waals surface area contributed by atoms with Crippen molar-refractivity contribution in [1.82, 2.24) is 0 Å². The second-order valence-corrected chi connectivity index (χ2v) is 5.05. The molecule has 0 aliphatic rings. The number of nitro benzene ring substituents is 2. The van der Waals surface area contributed by atoms with Gasteiger partial charge in [0, 0.05) is 24.3 Å². The zero-order valence-corrected chi connectivity index (χ0v) is 14.0. The molecule has 0 atom stereocenters. The average molecular weight is 330 g/mol. The first kappa shape index (κ1) is 19.3. The number of unbranched alkanes of at least 4 members (excludes halogenated alkanes) is 1. The Labute approximate surface area is 141 Å². The van der Waals surface area contributed by atoms with E-state index in [2.05, 4.69) is 0 Å². The molecule has 128 valence electrons. The van der Waals surface area contributed by atoms with Gasteiger partial charge in [0.15, 0.2) is 0 Å². The van der Waals surface area contributed by atoms with Crippen LogP contribution in [0.4, 0.5) is 11.4 Å². The first-order valence-corrected chi connectivity index (χ1v) is 8.03. The molecule has 6 nitrogen and oxygen atoms in total. The Balaban J connectivity index is 0.00000139. The summed E-state index contributed by atoms with van der Waals surface area (Å²) in [6.07, 6.45) is 3.67. The Morgan fingerprint density at radius 1 is 0.667 bits per heavy atom. The van der Waals surface area contributed by atoms with Crippen LogP contribution in [0.5, 0.6) is 0 Å². The van der Waals surface area contributed by atoms with Crippen molar-refractivity contribution in [3.8, 4) is 0 Å². The van der Waals surface area contributed by atoms with Gasteiger partial charge >= 0.3 is 0 Å². The second-order valence-electron chi connectivity index (χ2n) is 5.05. The van der Waals surface area contributed by atoms with E-state index >= 15 is 0 Å². The van der Waals surface area contributed by atoms with E-state index in [1.54, 1.807) is 24.3 Å². The molecule has 2 aromatic carbocycles. The predicted octanol–water partition coefficient (Wildman–Crippen LogP) is 5.09. The second kappa shape index (κ2) is 10.1. The van der Waals surface area contributed by atoms with E-state index in [1.807, 2.05) is 13.8 Å². The molecule has 0 N–H and O–H groups in total. The maximum absolute atomic E-state index is 10.6. The number of benzene rings is 2. The molecular formula is C18H22N2O4. The molecule has 2 rings (SSSR count). The van der Waals surface area contributed by atoms with Gasteiger partial charge in [0.05, 0.1) is 9.85 Å². The van der Waals surface area contributed by atoms with Crippen LogP contribution in [0.15, 0.2) is 48.5 Å². The highest BCUT2D eigenvalue weighted by atomic mass is 16.6. The number of non-ortho nitro benzene ring substituents is 2. The summed E-state index contributed by atoms with van der Waals surface area (Å²) in [7, 11) is 0. The SMILES string of the molecule is CC.O=[N+]([O-])c1ccc(CCCCc2ccc([N+](=O)[O-])cc2)cc1. The van der Waals surface area contributed by atoms with E-state index in [0.29, 0.717) is 0 Å². The Morgan fingerprint density at radius 3 is 1.21 bits per heavy atom. The summed E-state index contributed by atoms with van der Waals surface area (Å²) in [4.78, 5) is 20.3. The Hall–Kier alpha value is -2.76. The van der Waals surface area contributed by atoms with Gasteiger partial charge in [0.25, 0.3) is 11.4 Å². The number of aryl methyl sites for hydroxylation is 2. The van der Waals surface area contributed by atoms with Gasteiger partial charge < -0.3 is 0 Å². The smallest absolute Gasteiger partial charge is 0.258 e. The number of hydrogen-bond acceptors (Lipinski definition) is 4. The van der Waals surface area contributed by atoms with E-state index in [0.717, 1.165) is 36.8 Å². The minimum Gasteiger partial charge on any atom is -0.258 e. The minimum absolute atomic E-state index is 0.106. The zero-order chi connectivity index (χ0) is 17.9. The van der Waals surface area contributed by atoms with Crippen LogP contribution in [-0.4, -0.2) is 9.85 Å². The zero-order valence-electron chi connectivity index (χ0n) is 14.0. The number of rotatable bonds is 7. The molecule has 0 radical (unpaired) electrons. The van der Waals surface area contributed by atoms with Crippen LogP contribution in [0.1, 0.15) is 37.8 Å². The van der Waals surface area contributed by atoms with Crippen molar-refractivity contribution in [1.29, 1.82) is 0 Å². The van der Waals surface area contributed by atoms with Gasteiger partial charge in [-0.2, -0.15) is 0 Å². The third kappa shape index (κ3) is 6.16.